The van der Waals surface area contributed by atoms with Crippen molar-refractivity contribution in [1.82, 2.24) is 5.32 Å². The number of nitrogens with zero attached hydrogens (tertiary/aromatic N) is 1. The Kier molecular flexibility index (Phi) is 8.01. The van der Waals surface area contributed by atoms with Crippen LogP contribution in [0.25, 0.3) is 0 Å². The highest BCUT2D eigenvalue weighted by Gasteiger charge is 2.30. The molecule has 3 aromatic rings. The smallest absolute Gasteiger partial charge is 0.268 e. The molecule has 0 saturated heterocycles. The maximum absolute atomic E-state index is 13.7. The number of hydrogen-bond acceptors (Lipinski definition) is 5. The molecule has 34 heavy (non-hydrogen) atoms. The van der Waals surface area contributed by atoms with E-state index in [0.717, 1.165) is 4.31 Å². The minimum Gasteiger partial charge on any atom is -0.495 e. The van der Waals surface area contributed by atoms with Gasteiger partial charge in [0.25, 0.3) is 10.0 Å². The average molecular weight is 507 g/mol. The van der Waals surface area contributed by atoms with Gasteiger partial charge >= 0.3 is 0 Å². The van der Waals surface area contributed by atoms with Gasteiger partial charge in [0.1, 0.15) is 28.8 Å². The van der Waals surface area contributed by atoms with Crippen molar-refractivity contribution in [2.45, 2.75) is 18.4 Å². The summed E-state index contributed by atoms with van der Waals surface area (Å²) in [6, 6.07) is 14.8. The lowest BCUT2D eigenvalue weighted by Gasteiger charge is -2.25. The van der Waals surface area contributed by atoms with E-state index >= 15 is 0 Å². The zero-order chi connectivity index (χ0) is 24.9. The number of amides is 1. The third kappa shape index (κ3) is 5.78. The quantitative estimate of drug-likeness (QED) is 0.467. The maximum atomic E-state index is 13.7. The molecule has 0 spiro atoms. The molecule has 0 bridgehead atoms. The van der Waals surface area contributed by atoms with E-state index in [9.17, 15) is 17.6 Å². The molecule has 0 atom stereocenters. The standard InChI is InChI=1S/C24H24ClFN2O5S/c1-16-4-10-22(33-3)23(12-16)34(30,31)28(19-9-11-21(32-2)20(25)13-19)15-24(29)27-14-17-5-7-18(26)8-6-17/h4-13H,14-15H2,1-3H3,(H,27,29). The molecule has 0 heterocycles. The molecular formula is C24H24ClFN2O5S. The predicted octanol–water partition coefficient (Wildman–Crippen LogP) is 4.32. The summed E-state index contributed by atoms with van der Waals surface area (Å²) in [4.78, 5) is 12.7. The van der Waals surface area contributed by atoms with Crippen LogP contribution in [0.1, 0.15) is 11.1 Å². The van der Waals surface area contributed by atoms with E-state index < -0.39 is 28.3 Å². The van der Waals surface area contributed by atoms with Gasteiger partial charge in [0.15, 0.2) is 0 Å². The van der Waals surface area contributed by atoms with E-state index in [2.05, 4.69) is 5.32 Å². The number of halogens is 2. The van der Waals surface area contributed by atoms with Crippen LogP contribution in [-0.4, -0.2) is 35.1 Å². The van der Waals surface area contributed by atoms with E-state index in [1.54, 1.807) is 19.1 Å². The Labute approximate surface area is 203 Å². The Morgan fingerprint density at radius 1 is 1.00 bits per heavy atom. The molecule has 180 valence electrons. The molecule has 0 radical (unpaired) electrons. The zero-order valence-corrected chi connectivity index (χ0v) is 20.4. The first kappa shape index (κ1) is 25.3. The molecule has 3 rings (SSSR count). The van der Waals surface area contributed by atoms with Gasteiger partial charge in [-0.1, -0.05) is 29.8 Å². The first-order valence-electron chi connectivity index (χ1n) is 10.2. The summed E-state index contributed by atoms with van der Waals surface area (Å²) in [7, 11) is -1.43. The van der Waals surface area contributed by atoms with Crippen LogP contribution in [0.2, 0.25) is 5.02 Å². The summed E-state index contributed by atoms with van der Waals surface area (Å²) in [5, 5.41) is 2.85. The van der Waals surface area contributed by atoms with Crippen molar-refractivity contribution in [2.24, 2.45) is 0 Å². The summed E-state index contributed by atoms with van der Waals surface area (Å²) < 4.78 is 52.0. The van der Waals surface area contributed by atoms with Crippen LogP contribution < -0.4 is 19.1 Å². The van der Waals surface area contributed by atoms with Crippen molar-refractivity contribution >= 4 is 33.2 Å². The molecule has 0 aliphatic rings. The van der Waals surface area contributed by atoms with Gasteiger partial charge in [0.2, 0.25) is 5.91 Å². The van der Waals surface area contributed by atoms with Gasteiger partial charge < -0.3 is 14.8 Å². The average Bonchev–Trinajstić information content (AvgIpc) is 2.82. The Morgan fingerprint density at radius 3 is 2.26 bits per heavy atom. The maximum Gasteiger partial charge on any atom is 0.268 e. The summed E-state index contributed by atoms with van der Waals surface area (Å²) in [6.45, 7) is 1.33. The monoisotopic (exact) mass is 506 g/mol. The van der Waals surface area contributed by atoms with E-state index in [4.69, 9.17) is 21.1 Å². The van der Waals surface area contributed by atoms with Crippen LogP contribution >= 0.6 is 11.6 Å². The minimum atomic E-state index is -4.24. The molecule has 0 fully saturated rings. The van der Waals surface area contributed by atoms with Gasteiger partial charge in [0.05, 0.1) is 24.9 Å². The second-order valence-corrected chi connectivity index (χ2v) is 9.63. The number of hydrogen-bond donors (Lipinski definition) is 1. The zero-order valence-electron chi connectivity index (χ0n) is 18.8. The number of anilines is 1. The molecule has 3 aromatic carbocycles. The molecule has 1 amide bonds. The van der Waals surface area contributed by atoms with Crippen LogP contribution in [0.15, 0.2) is 65.6 Å². The second kappa shape index (κ2) is 10.8. The first-order valence-corrected chi connectivity index (χ1v) is 12.0. The molecule has 0 aliphatic heterocycles. The summed E-state index contributed by atoms with van der Waals surface area (Å²) >= 11 is 6.24. The molecule has 0 saturated carbocycles. The number of ether oxygens (including phenoxy) is 2. The topological polar surface area (TPSA) is 84.9 Å². The number of methoxy groups -OCH3 is 2. The van der Waals surface area contributed by atoms with Crippen molar-refractivity contribution in [2.75, 3.05) is 25.1 Å². The number of carbonyl (C=O) groups is 1. The molecular weight excluding hydrogens is 483 g/mol. The van der Waals surface area contributed by atoms with Gasteiger partial charge in [-0.15, -0.1) is 0 Å². The van der Waals surface area contributed by atoms with Gasteiger partial charge in [-0.05, 0) is 60.5 Å². The SMILES string of the molecule is COc1ccc(N(CC(=O)NCc2ccc(F)cc2)S(=O)(=O)c2cc(C)ccc2OC)cc1Cl. The van der Waals surface area contributed by atoms with Crippen LogP contribution in [0.5, 0.6) is 11.5 Å². The lowest BCUT2D eigenvalue weighted by Crippen LogP contribution is -2.40. The van der Waals surface area contributed by atoms with Crippen molar-refractivity contribution < 1.29 is 27.1 Å². The fourth-order valence-electron chi connectivity index (χ4n) is 3.22. The number of rotatable bonds is 9. The largest absolute Gasteiger partial charge is 0.495 e. The summed E-state index contributed by atoms with van der Waals surface area (Å²) in [6.07, 6.45) is 0. The number of nitrogens with one attached hydrogen (secondary N) is 1. The third-order valence-electron chi connectivity index (χ3n) is 5.00. The third-order valence-corrected chi connectivity index (χ3v) is 7.09. The normalized spacial score (nSPS) is 11.1. The Bertz CT molecular complexity index is 1280. The van der Waals surface area contributed by atoms with E-state index in [0.29, 0.717) is 16.9 Å². The van der Waals surface area contributed by atoms with Gasteiger partial charge in [0, 0.05) is 6.54 Å². The summed E-state index contributed by atoms with van der Waals surface area (Å²) in [5.41, 5.74) is 1.54. The highest BCUT2D eigenvalue weighted by Crippen LogP contribution is 2.34. The van der Waals surface area contributed by atoms with E-state index in [1.165, 1.54) is 62.8 Å². The molecule has 1 N–H and O–H groups in total. The van der Waals surface area contributed by atoms with E-state index in [-0.39, 0.29) is 27.9 Å². The summed E-state index contributed by atoms with van der Waals surface area (Å²) in [5.74, 6) is -0.458. The lowest BCUT2D eigenvalue weighted by atomic mass is 10.2. The van der Waals surface area contributed by atoms with Crippen molar-refractivity contribution in [3.05, 3.63) is 82.6 Å². The Hall–Kier alpha value is -3.30. The van der Waals surface area contributed by atoms with Crippen molar-refractivity contribution in [1.29, 1.82) is 0 Å². The van der Waals surface area contributed by atoms with Crippen molar-refractivity contribution in [3.63, 3.8) is 0 Å². The number of benzene rings is 3. The molecule has 7 nitrogen and oxygen atoms in total. The second-order valence-electron chi connectivity index (χ2n) is 7.39. The molecule has 0 unspecified atom stereocenters. The highest BCUT2D eigenvalue weighted by molar-refractivity contribution is 7.93. The van der Waals surface area contributed by atoms with Crippen LogP contribution in [0.4, 0.5) is 10.1 Å². The van der Waals surface area contributed by atoms with Crippen LogP contribution in [0, 0.1) is 12.7 Å². The van der Waals surface area contributed by atoms with Gasteiger partial charge in [-0.3, -0.25) is 9.10 Å². The Morgan fingerprint density at radius 2 is 1.65 bits per heavy atom. The molecule has 0 aliphatic carbocycles. The van der Waals surface area contributed by atoms with Crippen LogP contribution in [-0.2, 0) is 21.4 Å². The molecule has 10 heteroatoms. The fourth-order valence-corrected chi connectivity index (χ4v) is 5.13. The lowest BCUT2D eigenvalue weighted by molar-refractivity contribution is -0.119. The van der Waals surface area contributed by atoms with Gasteiger partial charge in [-0.25, -0.2) is 12.8 Å². The minimum absolute atomic E-state index is 0.0896. The number of aryl methyl sites for hydroxylation is 1. The van der Waals surface area contributed by atoms with Gasteiger partial charge in [-0.2, -0.15) is 0 Å². The van der Waals surface area contributed by atoms with Crippen molar-refractivity contribution in [3.8, 4) is 11.5 Å². The van der Waals surface area contributed by atoms with Crippen LogP contribution in [0.3, 0.4) is 0 Å². The number of carbonyl (C=O) groups excluding carboxylic acids is 1. The first-order chi connectivity index (χ1) is 16.1. The highest BCUT2D eigenvalue weighted by atomic mass is 35.5. The fraction of sp³-hybridized carbons (Fsp3) is 0.208. The van der Waals surface area contributed by atoms with E-state index in [1.807, 2.05) is 0 Å². The predicted molar refractivity (Wildman–Crippen MR) is 129 cm³/mol. The Balaban J connectivity index is 1.97. The molecule has 0 aromatic heterocycles. The number of sulfonamides is 1.